The second kappa shape index (κ2) is 6.38. The van der Waals surface area contributed by atoms with Gasteiger partial charge in [0.15, 0.2) is 0 Å². The highest BCUT2D eigenvalue weighted by atomic mass is 35.5. The highest BCUT2D eigenvalue weighted by molar-refractivity contribution is 6.36. The molecule has 0 saturated heterocycles. The van der Waals surface area contributed by atoms with Gasteiger partial charge in [-0.2, -0.15) is 0 Å². The first-order valence-corrected chi connectivity index (χ1v) is 7.55. The third kappa shape index (κ3) is 3.24. The van der Waals surface area contributed by atoms with Crippen molar-refractivity contribution in [1.29, 1.82) is 0 Å². The zero-order valence-corrected chi connectivity index (χ0v) is 13.1. The van der Waals surface area contributed by atoms with Crippen molar-refractivity contribution in [3.05, 3.63) is 70.1 Å². The van der Waals surface area contributed by atoms with E-state index in [4.69, 9.17) is 23.2 Å². The predicted octanol–water partition coefficient (Wildman–Crippen LogP) is 3.61. The summed E-state index contributed by atoms with van der Waals surface area (Å²) in [5.74, 6) is -0.217. The van der Waals surface area contributed by atoms with Crippen molar-refractivity contribution in [3.63, 3.8) is 0 Å². The molecular weight excluding hydrogens is 321 g/mol. The molecule has 0 fully saturated rings. The van der Waals surface area contributed by atoms with Crippen LogP contribution in [0, 0.1) is 0 Å². The Hall–Kier alpha value is -2.04. The number of hydrogen-bond acceptors (Lipinski definition) is 2. The molecule has 0 unspecified atom stereocenters. The summed E-state index contributed by atoms with van der Waals surface area (Å²) in [6.07, 6.45) is 4.55. The van der Waals surface area contributed by atoms with E-state index >= 15 is 0 Å². The number of rotatable bonds is 4. The van der Waals surface area contributed by atoms with Gasteiger partial charge in [-0.05, 0) is 30.3 Å². The molecule has 4 nitrogen and oxygen atoms in total. The molecular formula is C16H13Cl2N3O. The molecule has 3 rings (SSSR count). The Labute approximate surface area is 137 Å². The van der Waals surface area contributed by atoms with Gasteiger partial charge in [-0.25, -0.2) is 4.98 Å². The smallest absolute Gasteiger partial charge is 0.252 e. The lowest BCUT2D eigenvalue weighted by atomic mass is 10.2. The number of amides is 1. The fourth-order valence-corrected chi connectivity index (χ4v) is 2.67. The second-order valence-corrected chi connectivity index (χ2v) is 5.67. The van der Waals surface area contributed by atoms with Crippen molar-refractivity contribution in [1.82, 2.24) is 14.7 Å². The van der Waals surface area contributed by atoms with Gasteiger partial charge < -0.3 is 9.72 Å². The zero-order chi connectivity index (χ0) is 15.5. The third-order valence-electron chi connectivity index (χ3n) is 3.26. The van der Waals surface area contributed by atoms with Crippen molar-refractivity contribution in [2.75, 3.05) is 6.54 Å². The third-order valence-corrected chi connectivity index (χ3v) is 3.80. The van der Waals surface area contributed by atoms with Crippen molar-refractivity contribution in [3.8, 4) is 0 Å². The summed E-state index contributed by atoms with van der Waals surface area (Å²) in [5, 5.41) is 3.69. The molecule has 1 N–H and O–H groups in total. The van der Waals surface area contributed by atoms with Gasteiger partial charge in [-0.1, -0.05) is 29.3 Å². The minimum Gasteiger partial charge on any atom is -0.352 e. The maximum atomic E-state index is 12.1. The van der Waals surface area contributed by atoms with Crippen molar-refractivity contribution < 1.29 is 4.79 Å². The molecule has 0 radical (unpaired) electrons. The van der Waals surface area contributed by atoms with Crippen LogP contribution >= 0.6 is 23.2 Å². The molecule has 0 saturated carbocycles. The summed E-state index contributed by atoms with van der Waals surface area (Å²) in [6, 6.07) is 10.6. The van der Waals surface area contributed by atoms with Crippen LogP contribution in [-0.2, 0) is 6.42 Å². The molecule has 112 valence electrons. The fourth-order valence-electron chi connectivity index (χ4n) is 2.18. The fraction of sp³-hybridized carbons (Fsp3) is 0.125. The molecule has 2 heterocycles. The summed E-state index contributed by atoms with van der Waals surface area (Å²) in [4.78, 5) is 16.6. The number of nitrogens with zero attached hydrogens (tertiary/aromatic N) is 2. The van der Waals surface area contributed by atoms with Crippen LogP contribution in [0.2, 0.25) is 10.0 Å². The summed E-state index contributed by atoms with van der Waals surface area (Å²) in [5.41, 5.74) is 2.24. The highest BCUT2D eigenvalue weighted by Crippen LogP contribution is 2.20. The topological polar surface area (TPSA) is 46.4 Å². The van der Waals surface area contributed by atoms with Gasteiger partial charge in [0.25, 0.3) is 5.91 Å². The van der Waals surface area contributed by atoms with E-state index in [0.29, 0.717) is 28.6 Å². The molecule has 1 aromatic carbocycles. The van der Waals surface area contributed by atoms with Gasteiger partial charge in [-0.15, -0.1) is 0 Å². The maximum Gasteiger partial charge on any atom is 0.252 e. The minimum atomic E-state index is -0.217. The van der Waals surface area contributed by atoms with Crippen LogP contribution in [0.15, 0.2) is 48.8 Å². The summed E-state index contributed by atoms with van der Waals surface area (Å²) >= 11 is 11.8. The number of fused-ring (bicyclic) bond motifs is 1. The highest BCUT2D eigenvalue weighted by Gasteiger charge is 2.10. The van der Waals surface area contributed by atoms with Gasteiger partial charge in [-0.3, -0.25) is 4.79 Å². The number of imidazole rings is 1. The van der Waals surface area contributed by atoms with Gasteiger partial charge in [0.05, 0.1) is 16.3 Å². The Balaban J connectivity index is 1.61. The van der Waals surface area contributed by atoms with E-state index in [1.165, 1.54) is 0 Å². The van der Waals surface area contributed by atoms with E-state index in [1.807, 2.05) is 35.0 Å². The van der Waals surface area contributed by atoms with E-state index in [2.05, 4.69) is 10.3 Å². The normalized spacial score (nSPS) is 10.8. The van der Waals surface area contributed by atoms with E-state index in [1.54, 1.807) is 18.2 Å². The SMILES string of the molecule is O=C(NCCc1cn2ccccc2n1)c1ccc(Cl)cc1Cl. The average Bonchev–Trinajstić information content (AvgIpc) is 2.89. The summed E-state index contributed by atoms with van der Waals surface area (Å²) in [7, 11) is 0. The minimum absolute atomic E-state index is 0.217. The van der Waals surface area contributed by atoms with Crippen molar-refractivity contribution in [2.45, 2.75) is 6.42 Å². The molecule has 1 amide bonds. The van der Waals surface area contributed by atoms with Crippen LogP contribution in [0.3, 0.4) is 0 Å². The Morgan fingerprint density at radius 3 is 2.86 bits per heavy atom. The molecule has 3 aromatic rings. The predicted molar refractivity (Wildman–Crippen MR) is 87.7 cm³/mol. The van der Waals surface area contributed by atoms with E-state index < -0.39 is 0 Å². The molecule has 0 aliphatic rings. The number of benzene rings is 1. The van der Waals surface area contributed by atoms with Gasteiger partial charge in [0, 0.05) is 30.4 Å². The number of nitrogens with one attached hydrogen (secondary N) is 1. The molecule has 6 heteroatoms. The first kappa shape index (κ1) is 14.9. The van der Waals surface area contributed by atoms with Gasteiger partial charge >= 0.3 is 0 Å². The Kier molecular flexibility index (Phi) is 4.32. The van der Waals surface area contributed by atoms with Crippen LogP contribution in [-0.4, -0.2) is 21.8 Å². The summed E-state index contributed by atoms with van der Waals surface area (Å²) in [6.45, 7) is 0.488. The first-order valence-electron chi connectivity index (χ1n) is 6.79. The molecule has 0 aliphatic heterocycles. The Bertz CT molecular complexity index is 796. The molecule has 0 atom stereocenters. The van der Waals surface area contributed by atoms with E-state index in [9.17, 15) is 4.79 Å². The van der Waals surface area contributed by atoms with Crippen molar-refractivity contribution >= 4 is 34.8 Å². The lowest BCUT2D eigenvalue weighted by Gasteiger charge is -2.06. The first-order chi connectivity index (χ1) is 10.6. The number of carbonyl (C=O) groups excluding carboxylic acids is 1. The molecule has 22 heavy (non-hydrogen) atoms. The number of halogens is 2. The van der Waals surface area contributed by atoms with Crippen LogP contribution in [0.5, 0.6) is 0 Å². The summed E-state index contributed by atoms with van der Waals surface area (Å²) < 4.78 is 1.95. The quantitative estimate of drug-likeness (QED) is 0.792. The molecule has 0 aliphatic carbocycles. The zero-order valence-electron chi connectivity index (χ0n) is 11.6. The van der Waals surface area contributed by atoms with Crippen LogP contribution in [0.4, 0.5) is 0 Å². The lowest BCUT2D eigenvalue weighted by molar-refractivity contribution is 0.0954. The van der Waals surface area contributed by atoms with Crippen LogP contribution < -0.4 is 5.32 Å². The van der Waals surface area contributed by atoms with E-state index in [0.717, 1.165) is 11.3 Å². The van der Waals surface area contributed by atoms with Crippen LogP contribution in [0.1, 0.15) is 16.1 Å². The molecule has 2 aromatic heterocycles. The monoisotopic (exact) mass is 333 g/mol. The largest absolute Gasteiger partial charge is 0.352 e. The Morgan fingerprint density at radius 1 is 1.23 bits per heavy atom. The van der Waals surface area contributed by atoms with Gasteiger partial charge in [0.2, 0.25) is 0 Å². The van der Waals surface area contributed by atoms with Crippen LogP contribution in [0.25, 0.3) is 5.65 Å². The maximum absolute atomic E-state index is 12.1. The number of pyridine rings is 1. The molecule has 0 bridgehead atoms. The number of hydrogen-bond donors (Lipinski definition) is 1. The average molecular weight is 334 g/mol. The number of aromatic nitrogens is 2. The lowest BCUT2D eigenvalue weighted by Crippen LogP contribution is -2.26. The standard InChI is InChI=1S/C16H13Cl2N3O/c17-11-4-5-13(14(18)9-11)16(22)19-7-6-12-10-21-8-2-1-3-15(21)20-12/h1-5,8-10H,6-7H2,(H,19,22). The number of carbonyl (C=O) groups is 1. The van der Waals surface area contributed by atoms with Crippen molar-refractivity contribution in [2.24, 2.45) is 0 Å². The van der Waals surface area contributed by atoms with E-state index in [-0.39, 0.29) is 5.91 Å². The molecule has 0 spiro atoms. The second-order valence-electron chi connectivity index (χ2n) is 4.83. The Morgan fingerprint density at radius 2 is 2.09 bits per heavy atom. The van der Waals surface area contributed by atoms with Gasteiger partial charge in [0.1, 0.15) is 5.65 Å².